The van der Waals surface area contributed by atoms with Crippen LogP contribution in [0.1, 0.15) is 48.2 Å². The third kappa shape index (κ3) is 3.18. The lowest BCUT2D eigenvalue weighted by Crippen LogP contribution is -2.44. The number of benzene rings is 1. The van der Waals surface area contributed by atoms with E-state index in [0.717, 1.165) is 19.3 Å². The smallest absolute Gasteiger partial charge is 0.326 e. The van der Waals surface area contributed by atoms with E-state index in [1.165, 1.54) is 17.5 Å². The predicted octanol–water partition coefficient (Wildman–Crippen LogP) is 2.40. The third-order valence-corrected chi connectivity index (χ3v) is 3.83. The van der Waals surface area contributed by atoms with Gasteiger partial charge in [-0.1, -0.05) is 19.9 Å². The molecule has 0 fully saturated rings. The Balaban J connectivity index is 2.15. The lowest BCUT2D eigenvalue weighted by molar-refractivity contribution is -0.140. The van der Waals surface area contributed by atoms with Crippen molar-refractivity contribution in [1.82, 2.24) is 5.32 Å². The zero-order chi connectivity index (χ0) is 14.7. The van der Waals surface area contributed by atoms with Crippen molar-refractivity contribution in [3.8, 4) is 0 Å². The average molecular weight is 275 g/mol. The Labute approximate surface area is 119 Å². The summed E-state index contributed by atoms with van der Waals surface area (Å²) in [7, 11) is 0. The van der Waals surface area contributed by atoms with Gasteiger partial charge in [-0.3, -0.25) is 4.79 Å². The third-order valence-electron chi connectivity index (χ3n) is 3.83. The van der Waals surface area contributed by atoms with E-state index in [1.807, 2.05) is 12.1 Å². The molecule has 1 amide bonds. The Morgan fingerprint density at radius 1 is 1.15 bits per heavy atom. The van der Waals surface area contributed by atoms with E-state index < -0.39 is 12.0 Å². The normalized spacial score (nSPS) is 15.6. The second-order valence-corrected chi connectivity index (χ2v) is 5.72. The highest BCUT2D eigenvalue weighted by atomic mass is 16.4. The number of hydrogen-bond acceptors (Lipinski definition) is 2. The molecule has 1 unspecified atom stereocenters. The summed E-state index contributed by atoms with van der Waals surface area (Å²) >= 11 is 0. The zero-order valence-electron chi connectivity index (χ0n) is 12.0. The molecule has 0 aromatic heterocycles. The molecule has 0 heterocycles. The number of carbonyl (C=O) groups excluding carboxylic acids is 1. The maximum absolute atomic E-state index is 12.2. The molecule has 0 radical (unpaired) electrons. The summed E-state index contributed by atoms with van der Waals surface area (Å²) in [6.07, 6.45) is 4.43. The Hall–Kier alpha value is -1.84. The molecule has 1 aromatic rings. The number of carbonyl (C=O) groups is 2. The van der Waals surface area contributed by atoms with Crippen LogP contribution in [0.3, 0.4) is 0 Å². The number of carboxylic acids is 1. The van der Waals surface area contributed by atoms with Gasteiger partial charge in [0.1, 0.15) is 6.04 Å². The van der Waals surface area contributed by atoms with Gasteiger partial charge in [0.15, 0.2) is 0 Å². The number of amides is 1. The molecule has 2 rings (SSSR count). The van der Waals surface area contributed by atoms with Crippen LogP contribution >= 0.6 is 0 Å². The van der Waals surface area contributed by atoms with Crippen molar-refractivity contribution in [3.63, 3.8) is 0 Å². The first-order chi connectivity index (χ1) is 9.49. The standard InChI is InChI=1S/C16H21NO3/c1-10(2)14(16(19)20)17-15(18)13-8-7-11-5-3-4-6-12(11)9-13/h7-10,14H,3-6H2,1-2H3,(H,17,18)(H,19,20). The number of hydrogen-bond donors (Lipinski definition) is 2. The van der Waals surface area contributed by atoms with Gasteiger partial charge in [0, 0.05) is 5.56 Å². The Morgan fingerprint density at radius 3 is 2.40 bits per heavy atom. The fourth-order valence-electron chi connectivity index (χ4n) is 2.61. The van der Waals surface area contributed by atoms with Crippen molar-refractivity contribution in [2.24, 2.45) is 5.92 Å². The van der Waals surface area contributed by atoms with Gasteiger partial charge in [0.25, 0.3) is 5.91 Å². The first-order valence-electron chi connectivity index (χ1n) is 7.14. The molecule has 2 N–H and O–H groups in total. The summed E-state index contributed by atoms with van der Waals surface area (Å²) in [6, 6.07) is 4.84. The molecule has 4 nitrogen and oxygen atoms in total. The molecule has 0 saturated heterocycles. The fourth-order valence-corrected chi connectivity index (χ4v) is 2.61. The van der Waals surface area contributed by atoms with Crippen LogP contribution in [0.4, 0.5) is 0 Å². The SMILES string of the molecule is CC(C)C(NC(=O)c1ccc2c(c1)CCCC2)C(=O)O. The van der Waals surface area contributed by atoms with Crippen molar-refractivity contribution in [3.05, 3.63) is 34.9 Å². The van der Waals surface area contributed by atoms with Crippen LogP contribution in [0.15, 0.2) is 18.2 Å². The van der Waals surface area contributed by atoms with Crippen LogP contribution in [-0.2, 0) is 17.6 Å². The van der Waals surface area contributed by atoms with Crippen LogP contribution < -0.4 is 5.32 Å². The molecule has 20 heavy (non-hydrogen) atoms. The average Bonchev–Trinajstić information content (AvgIpc) is 2.43. The van der Waals surface area contributed by atoms with E-state index in [-0.39, 0.29) is 11.8 Å². The molecule has 0 spiro atoms. The first-order valence-corrected chi connectivity index (χ1v) is 7.14. The largest absolute Gasteiger partial charge is 0.480 e. The number of aliphatic carboxylic acids is 1. The van der Waals surface area contributed by atoms with Gasteiger partial charge in [0.05, 0.1) is 0 Å². The number of nitrogens with one attached hydrogen (secondary N) is 1. The van der Waals surface area contributed by atoms with E-state index in [1.54, 1.807) is 19.9 Å². The molecule has 1 aromatic carbocycles. The molecule has 4 heteroatoms. The van der Waals surface area contributed by atoms with Crippen LogP contribution in [0.5, 0.6) is 0 Å². The van der Waals surface area contributed by atoms with Crippen LogP contribution in [0, 0.1) is 5.92 Å². The number of aryl methyl sites for hydroxylation is 2. The minimum Gasteiger partial charge on any atom is -0.480 e. The monoisotopic (exact) mass is 275 g/mol. The van der Waals surface area contributed by atoms with Crippen LogP contribution in [0.2, 0.25) is 0 Å². The van der Waals surface area contributed by atoms with E-state index in [4.69, 9.17) is 5.11 Å². The van der Waals surface area contributed by atoms with E-state index in [2.05, 4.69) is 5.32 Å². The van der Waals surface area contributed by atoms with Crippen LogP contribution in [0.25, 0.3) is 0 Å². The molecule has 0 saturated carbocycles. The molecule has 1 atom stereocenters. The Bertz CT molecular complexity index is 522. The topological polar surface area (TPSA) is 66.4 Å². The predicted molar refractivity (Wildman–Crippen MR) is 76.8 cm³/mol. The number of rotatable bonds is 4. The highest BCUT2D eigenvalue weighted by Crippen LogP contribution is 2.22. The van der Waals surface area contributed by atoms with Gasteiger partial charge in [-0.25, -0.2) is 4.79 Å². The summed E-state index contributed by atoms with van der Waals surface area (Å²) in [4.78, 5) is 23.3. The molecular weight excluding hydrogens is 254 g/mol. The summed E-state index contributed by atoms with van der Waals surface area (Å²) in [6.45, 7) is 3.57. The number of fused-ring (bicyclic) bond motifs is 1. The van der Waals surface area contributed by atoms with E-state index in [9.17, 15) is 9.59 Å². The second-order valence-electron chi connectivity index (χ2n) is 5.72. The summed E-state index contributed by atoms with van der Waals surface area (Å²) in [5, 5.41) is 11.7. The molecule has 1 aliphatic rings. The van der Waals surface area contributed by atoms with Gasteiger partial charge in [-0.05, 0) is 54.9 Å². The quantitative estimate of drug-likeness (QED) is 0.886. The highest BCUT2D eigenvalue weighted by Gasteiger charge is 2.24. The second kappa shape index (κ2) is 6.07. The van der Waals surface area contributed by atoms with E-state index in [0.29, 0.717) is 5.56 Å². The van der Waals surface area contributed by atoms with Gasteiger partial charge in [-0.2, -0.15) is 0 Å². The Morgan fingerprint density at radius 2 is 1.80 bits per heavy atom. The van der Waals surface area contributed by atoms with Crippen molar-refractivity contribution in [1.29, 1.82) is 0 Å². The van der Waals surface area contributed by atoms with Crippen molar-refractivity contribution in [2.45, 2.75) is 45.6 Å². The summed E-state index contributed by atoms with van der Waals surface area (Å²) in [5.41, 5.74) is 3.09. The fraction of sp³-hybridized carbons (Fsp3) is 0.500. The number of carboxylic acid groups (broad SMARTS) is 1. The molecule has 0 aliphatic heterocycles. The van der Waals surface area contributed by atoms with Gasteiger partial charge in [-0.15, -0.1) is 0 Å². The highest BCUT2D eigenvalue weighted by molar-refractivity contribution is 5.96. The lowest BCUT2D eigenvalue weighted by Gasteiger charge is -2.19. The molecule has 0 bridgehead atoms. The lowest BCUT2D eigenvalue weighted by atomic mass is 9.90. The van der Waals surface area contributed by atoms with Crippen molar-refractivity contribution < 1.29 is 14.7 Å². The van der Waals surface area contributed by atoms with E-state index >= 15 is 0 Å². The molecular formula is C16H21NO3. The van der Waals surface area contributed by atoms with Gasteiger partial charge >= 0.3 is 5.97 Å². The first kappa shape index (κ1) is 14.6. The zero-order valence-corrected chi connectivity index (χ0v) is 12.0. The summed E-state index contributed by atoms with van der Waals surface area (Å²) in [5.74, 6) is -1.44. The van der Waals surface area contributed by atoms with Crippen molar-refractivity contribution in [2.75, 3.05) is 0 Å². The molecule has 108 valence electrons. The van der Waals surface area contributed by atoms with Gasteiger partial charge in [0.2, 0.25) is 0 Å². The minimum atomic E-state index is -0.994. The summed E-state index contributed by atoms with van der Waals surface area (Å²) < 4.78 is 0. The van der Waals surface area contributed by atoms with Gasteiger partial charge < -0.3 is 10.4 Å². The van der Waals surface area contributed by atoms with Crippen LogP contribution in [-0.4, -0.2) is 23.0 Å². The maximum Gasteiger partial charge on any atom is 0.326 e. The minimum absolute atomic E-state index is 0.144. The molecule has 1 aliphatic carbocycles. The Kier molecular flexibility index (Phi) is 4.42. The van der Waals surface area contributed by atoms with Crippen molar-refractivity contribution >= 4 is 11.9 Å². The maximum atomic E-state index is 12.2.